The molecular weight excluding hydrogens is 346 g/mol. The van der Waals surface area contributed by atoms with Crippen molar-refractivity contribution >= 4 is 17.7 Å². The number of fused-ring (bicyclic) bond motifs is 1. The van der Waals surface area contributed by atoms with Gasteiger partial charge in [0.2, 0.25) is 11.8 Å². The molecule has 142 valence electrons. The van der Waals surface area contributed by atoms with Gasteiger partial charge in [0.1, 0.15) is 6.04 Å². The summed E-state index contributed by atoms with van der Waals surface area (Å²) in [6.45, 7) is 3.88. The molecule has 0 aliphatic carbocycles. The Morgan fingerprint density at radius 2 is 1.89 bits per heavy atom. The minimum atomic E-state index is -0.704. The molecule has 0 radical (unpaired) electrons. The van der Waals surface area contributed by atoms with E-state index in [1.54, 1.807) is 12.1 Å². The number of hydrogen-bond acceptors (Lipinski definition) is 4. The van der Waals surface area contributed by atoms with Crippen LogP contribution in [0.3, 0.4) is 0 Å². The molecule has 1 aromatic heterocycles. The Labute approximate surface area is 157 Å². The molecule has 0 saturated carbocycles. The average Bonchev–Trinajstić information content (AvgIpc) is 3.18. The van der Waals surface area contributed by atoms with E-state index in [2.05, 4.69) is 10.6 Å². The Bertz CT molecular complexity index is 830. The Morgan fingerprint density at radius 3 is 2.56 bits per heavy atom. The lowest BCUT2D eigenvalue weighted by atomic mass is 9.93. The summed E-state index contributed by atoms with van der Waals surface area (Å²) in [6, 6.07) is 10.2. The molecule has 0 unspecified atom stereocenters. The Kier molecular flexibility index (Phi) is 5.59. The third-order valence-electron chi connectivity index (χ3n) is 4.42. The molecule has 3 rings (SSSR count). The van der Waals surface area contributed by atoms with Crippen LogP contribution in [0.15, 0.2) is 47.1 Å². The van der Waals surface area contributed by atoms with Gasteiger partial charge in [-0.05, 0) is 37.1 Å². The van der Waals surface area contributed by atoms with Crippen LogP contribution >= 0.6 is 0 Å². The second kappa shape index (κ2) is 8.07. The number of carbonyl (C=O) groups excluding carboxylic acids is 3. The van der Waals surface area contributed by atoms with Crippen LogP contribution in [0.4, 0.5) is 0 Å². The summed E-state index contributed by atoms with van der Waals surface area (Å²) in [5, 5.41) is 5.37. The number of nitrogens with one attached hydrogen (secondary N) is 2. The summed E-state index contributed by atoms with van der Waals surface area (Å²) in [6.07, 6.45) is 1.82. The molecule has 7 nitrogen and oxygen atoms in total. The van der Waals surface area contributed by atoms with Crippen molar-refractivity contribution in [2.75, 3.05) is 6.54 Å². The fraction of sp³-hybridized carbons (Fsp3) is 0.350. The van der Waals surface area contributed by atoms with Gasteiger partial charge in [0, 0.05) is 19.0 Å². The predicted molar refractivity (Wildman–Crippen MR) is 98.8 cm³/mol. The molecule has 0 saturated heterocycles. The van der Waals surface area contributed by atoms with E-state index < -0.39 is 6.04 Å². The van der Waals surface area contributed by atoms with Gasteiger partial charge in [0.25, 0.3) is 5.91 Å². The fourth-order valence-corrected chi connectivity index (χ4v) is 3.17. The minimum Gasteiger partial charge on any atom is -0.459 e. The monoisotopic (exact) mass is 369 g/mol. The van der Waals surface area contributed by atoms with Crippen molar-refractivity contribution in [1.29, 1.82) is 0 Å². The van der Waals surface area contributed by atoms with Gasteiger partial charge in [-0.3, -0.25) is 14.4 Å². The number of amides is 3. The van der Waals surface area contributed by atoms with Gasteiger partial charge in [-0.15, -0.1) is 0 Å². The van der Waals surface area contributed by atoms with Crippen molar-refractivity contribution < 1.29 is 18.8 Å². The number of furan rings is 1. The molecule has 7 heteroatoms. The van der Waals surface area contributed by atoms with Gasteiger partial charge < -0.3 is 20.0 Å². The summed E-state index contributed by atoms with van der Waals surface area (Å²) in [7, 11) is 0. The number of hydrogen-bond donors (Lipinski definition) is 2. The first-order valence-corrected chi connectivity index (χ1v) is 8.94. The molecule has 0 spiro atoms. The number of nitrogens with zero attached hydrogens (tertiary/aromatic N) is 1. The SMILES string of the molecule is CC(C)NC(=O)CNC(=O)[C@@H]1Cc2ccccc2CN1C(=O)c1ccco1. The second-order valence-electron chi connectivity index (χ2n) is 6.84. The number of rotatable bonds is 5. The molecule has 2 heterocycles. The molecule has 3 amide bonds. The topological polar surface area (TPSA) is 91.7 Å². The van der Waals surface area contributed by atoms with E-state index in [0.29, 0.717) is 13.0 Å². The summed E-state index contributed by atoms with van der Waals surface area (Å²) in [5.41, 5.74) is 2.02. The van der Waals surface area contributed by atoms with Crippen LogP contribution in [0.25, 0.3) is 0 Å². The van der Waals surface area contributed by atoms with Gasteiger partial charge in [-0.25, -0.2) is 0 Å². The third-order valence-corrected chi connectivity index (χ3v) is 4.42. The largest absolute Gasteiger partial charge is 0.459 e. The molecule has 1 aliphatic rings. The van der Waals surface area contributed by atoms with Crippen molar-refractivity contribution in [3.8, 4) is 0 Å². The Balaban J connectivity index is 1.78. The number of carbonyl (C=O) groups is 3. The van der Waals surface area contributed by atoms with Crippen molar-refractivity contribution in [3.63, 3.8) is 0 Å². The summed E-state index contributed by atoms with van der Waals surface area (Å²) in [5.74, 6) is -0.784. The quantitative estimate of drug-likeness (QED) is 0.835. The maximum Gasteiger partial charge on any atom is 0.290 e. The first kappa shape index (κ1) is 18.7. The highest BCUT2D eigenvalue weighted by atomic mass is 16.3. The molecule has 27 heavy (non-hydrogen) atoms. The van der Waals surface area contributed by atoms with Gasteiger partial charge in [-0.2, -0.15) is 0 Å². The Hall–Kier alpha value is -3.09. The summed E-state index contributed by atoms with van der Waals surface area (Å²) >= 11 is 0. The van der Waals surface area contributed by atoms with E-state index in [1.165, 1.54) is 11.2 Å². The molecule has 0 fully saturated rings. The van der Waals surface area contributed by atoms with Crippen LogP contribution in [0.2, 0.25) is 0 Å². The van der Waals surface area contributed by atoms with E-state index in [-0.39, 0.29) is 36.1 Å². The highest BCUT2D eigenvalue weighted by Gasteiger charge is 2.36. The van der Waals surface area contributed by atoms with Gasteiger partial charge >= 0.3 is 0 Å². The van der Waals surface area contributed by atoms with E-state index in [1.807, 2.05) is 38.1 Å². The minimum absolute atomic E-state index is 0.00649. The maximum atomic E-state index is 12.8. The van der Waals surface area contributed by atoms with Gasteiger partial charge in [0.05, 0.1) is 12.8 Å². The third kappa shape index (κ3) is 4.36. The molecule has 1 aromatic carbocycles. The summed E-state index contributed by atoms with van der Waals surface area (Å²) < 4.78 is 5.22. The highest BCUT2D eigenvalue weighted by Crippen LogP contribution is 2.25. The van der Waals surface area contributed by atoms with Gasteiger partial charge in [0.15, 0.2) is 5.76 Å². The lowest BCUT2D eigenvalue weighted by Crippen LogP contribution is -2.54. The van der Waals surface area contributed by atoms with Crippen LogP contribution < -0.4 is 10.6 Å². The molecule has 2 aromatic rings. The predicted octanol–water partition coefficient (Wildman–Crippen LogP) is 1.49. The van der Waals surface area contributed by atoms with Crippen molar-refractivity contribution in [2.24, 2.45) is 0 Å². The van der Waals surface area contributed by atoms with Crippen LogP contribution in [0.1, 0.15) is 35.5 Å². The van der Waals surface area contributed by atoms with Crippen LogP contribution in [0.5, 0.6) is 0 Å². The zero-order valence-electron chi connectivity index (χ0n) is 15.4. The van der Waals surface area contributed by atoms with Crippen LogP contribution in [-0.4, -0.2) is 41.2 Å². The van der Waals surface area contributed by atoms with Crippen LogP contribution in [0, 0.1) is 0 Å². The van der Waals surface area contributed by atoms with Crippen molar-refractivity contribution in [2.45, 2.75) is 38.9 Å². The smallest absolute Gasteiger partial charge is 0.290 e. The standard InChI is InChI=1S/C20H23N3O4/c1-13(2)22-18(24)11-21-19(25)16-10-14-6-3-4-7-15(14)12-23(16)20(26)17-8-5-9-27-17/h3-9,13,16H,10-12H2,1-2H3,(H,21,25)(H,22,24)/t16-/m0/s1. The van der Waals surface area contributed by atoms with Crippen molar-refractivity contribution in [3.05, 3.63) is 59.5 Å². The first-order valence-electron chi connectivity index (χ1n) is 8.94. The lowest BCUT2D eigenvalue weighted by Gasteiger charge is -2.35. The van der Waals surface area contributed by atoms with E-state index >= 15 is 0 Å². The first-order chi connectivity index (χ1) is 13.0. The molecular formula is C20H23N3O4. The molecule has 1 aliphatic heterocycles. The maximum absolute atomic E-state index is 12.8. The van der Waals surface area contributed by atoms with Crippen LogP contribution in [-0.2, 0) is 22.6 Å². The van der Waals surface area contributed by atoms with Gasteiger partial charge in [-0.1, -0.05) is 24.3 Å². The second-order valence-corrected chi connectivity index (χ2v) is 6.84. The average molecular weight is 369 g/mol. The number of benzene rings is 1. The zero-order valence-corrected chi connectivity index (χ0v) is 15.4. The highest BCUT2D eigenvalue weighted by molar-refractivity contribution is 5.96. The van der Waals surface area contributed by atoms with E-state index in [0.717, 1.165) is 11.1 Å². The zero-order chi connectivity index (χ0) is 19.4. The van der Waals surface area contributed by atoms with Crippen molar-refractivity contribution in [1.82, 2.24) is 15.5 Å². The fourth-order valence-electron chi connectivity index (χ4n) is 3.17. The molecule has 2 N–H and O–H groups in total. The normalized spacial score (nSPS) is 16.0. The molecule has 1 atom stereocenters. The van der Waals surface area contributed by atoms with E-state index in [9.17, 15) is 14.4 Å². The Morgan fingerprint density at radius 1 is 1.15 bits per heavy atom. The summed E-state index contributed by atoms with van der Waals surface area (Å²) in [4.78, 5) is 38.9. The lowest BCUT2D eigenvalue weighted by molar-refractivity contribution is -0.129. The molecule has 0 bridgehead atoms. The van der Waals surface area contributed by atoms with E-state index in [4.69, 9.17) is 4.42 Å².